The van der Waals surface area contributed by atoms with E-state index in [0.29, 0.717) is 11.4 Å². The van der Waals surface area contributed by atoms with Gasteiger partial charge in [0, 0.05) is 25.6 Å². The molecule has 0 unspecified atom stereocenters. The smallest absolute Gasteiger partial charge is 0.356 e. The van der Waals surface area contributed by atoms with Crippen LogP contribution in [-0.2, 0) is 9.59 Å². The minimum Gasteiger partial charge on any atom is -0.356 e. The summed E-state index contributed by atoms with van der Waals surface area (Å²) >= 11 is 0. The maximum absolute atomic E-state index is 13.0. The Labute approximate surface area is 120 Å². The van der Waals surface area contributed by atoms with Crippen LogP contribution in [0.15, 0.2) is 0 Å². The third kappa shape index (κ3) is 4.57. The van der Waals surface area contributed by atoms with Crippen molar-refractivity contribution in [3.63, 3.8) is 0 Å². The molecule has 1 saturated heterocycles. The minimum atomic E-state index is -4.66. The molecule has 4 nitrogen and oxygen atoms in total. The van der Waals surface area contributed by atoms with Gasteiger partial charge in [0.05, 0.1) is 0 Å². The van der Waals surface area contributed by atoms with Gasteiger partial charge >= 0.3 is 12.3 Å². The van der Waals surface area contributed by atoms with Gasteiger partial charge in [-0.3, -0.25) is 9.59 Å². The first-order valence-corrected chi connectivity index (χ1v) is 7.03. The van der Waals surface area contributed by atoms with Crippen LogP contribution < -0.4 is 5.32 Å². The number of alkyl halides is 4. The van der Waals surface area contributed by atoms with Gasteiger partial charge in [-0.1, -0.05) is 13.3 Å². The predicted molar refractivity (Wildman–Crippen MR) is 68.2 cm³/mol. The molecule has 0 aliphatic carbocycles. The molecule has 1 fully saturated rings. The van der Waals surface area contributed by atoms with Gasteiger partial charge in [-0.25, -0.2) is 8.78 Å². The molecular weight excluding hydrogens is 292 g/mol. The van der Waals surface area contributed by atoms with E-state index in [4.69, 9.17) is 0 Å². The molecule has 122 valence electrons. The Morgan fingerprint density at radius 2 is 1.86 bits per heavy atom. The van der Waals surface area contributed by atoms with Gasteiger partial charge in [-0.15, -0.1) is 0 Å². The highest BCUT2D eigenvalue weighted by atomic mass is 19.3. The molecule has 1 aliphatic rings. The zero-order chi connectivity index (χ0) is 16.0. The molecule has 21 heavy (non-hydrogen) atoms. The SMILES string of the molecule is CCCCNC(=O)C1CCN(C(=O)C(F)(F)C(F)F)CC1. The van der Waals surface area contributed by atoms with E-state index in [9.17, 15) is 27.2 Å². The Bertz CT molecular complexity index is 369. The maximum atomic E-state index is 13.0. The highest BCUT2D eigenvalue weighted by Crippen LogP contribution is 2.28. The number of nitrogens with zero attached hydrogens (tertiary/aromatic N) is 1. The van der Waals surface area contributed by atoms with E-state index in [-0.39, 0.29) is 37.8 Å². The molecule has 0 saturated carbocycles. The van der Waals surface area contributed by atoms with E-state index in [2.05, 4.69) is 5.32 Å². The summed E-state index contributed by atoms with van der Waals surface area (Å²) in [5.41, 5.74) is 0. The monoisotopic (exact) mass is 312 g/mol. The van der Waals surface area contributed by atoms with E-state index < -0.39 is 18.3 Å². The second kappa shape index (κ2) is 7.61. The molecule has 0 aromatic rings. The minimum absolute atomic E-state index is 0.104. The molecule has 0 aromatic heterocycles. The Balaban J connectivity index is 2.45. The maximum Gasteiger partial charge on any atom is 0.383 e. The van der Waals surface area contributed by atoms with E-state index in [1.807, 2.05) is 6.92 Å². The standard InChI is InChI=1S/C13H20F4N2O2/c1-2-3-6-18-10(20)9-4-7-19(8-5-9)12(21)13(16,17)11(14)15/h9,11H,2-8H2,1H3,(H,18,20). The summed E-state index contributed by atoms with van der Waals surface area (Å²) in [5.74, 6) is -7.04. The van der Waals surface area contributed by atoms with Gasteiger partial charge in [-0.05, 0) is 19.3 Å². The van der Waals surface area contributed by atoms with Crippen molar-refractivity contribution in [2.45, 2.75) is 45.0 Å². The number of rotatable bonds is 6. The second-order valence-electron chi connectivity index (χ2n) is 5.13. The van der Waals surface area contributed by atoms with Crippen LogP contribution in [0.3, 0.4) is 0 Å². The van der Waals surface area contributed by atoms with Crippen LogP contribution in [0.1, 0.15) is 32.6 Å². The summed E-state index contributed by atoms with van der Waals surface area (Å²) in [5, 5.41) is 2.74. The molecule has 0 atom stereocenters. The largest absolute Gasteiger partial charge is 0.383 e. The highest BCUT2D eigenvalue weighted by Gasteiger charge is 2.51. The summed E-state index contributed by atoms with van der Waals surface area (Å²) in [7, 11) is 0. The van der Waals surface area contributed by atoms with E-state index >= 15 is 0 Å². The molecule has 1 rings (SSSR count). The van der Waals surface area contributed by atoms with Crippen LogP contribution in [-0.4, -0.2) is 48.7 Å². The van der Waals surface area contributed by atoms with Crippen molar-refractivity contribution in [2.24, 2.45) is 5.92 Å². The number of amides is 2. The number of likely N-dealkylation sites (tertiary alicyclic amines) is 1. The van der Waals surface area contributed by atoms with Crippen molar-refractivity contribution in [1.29, 1.82) is 0 Å². The molecule has 1 N–H and O–H groups in total. The number of hydrogen-bond donors (Lipinski definition) is 1. The molecule has 1 heterocycles. The Morgan fingerprint density at radius 1 is 1.29 bits per heavy atom. The first-order chi connectivity index (χ1) is 9.80. The summed E-state index contributed by atoms with van der Waals surface area (Å²) < 4.78 is 50.2. The molecule has 2 amide bonds. The summed E-state index contributed by atoms with van der Waals surface area (Å²) in [6.45, 7) is 2.33. The lowest BCUT2D eigenvalue weighted by atomic mass is 9.95. The predicted octanol–water partition coefficient (Wildman–Crippen LogP) is 2.04. The first kappa shape index (κ1) is 17.7. The number of halogens is 4. The number of carbonyl (C=O) groups excluding carboxylic acids is 2. The van der Waals surface area contributed by atoms with Crippen LogP contribution in [0.25, 0.3) is 0 Å². The molecule has 0 radical (unpaired) electrons. The number of unbranched alkanes of at least 4 members (excludes halogenated alkanes) is 1. The average molecular weight is 312 g/mol. The summed E-state index contributed by atoms with van der Waals surface area (Å²) in [4.78, 5) is 23.8. The Kier molecular flexibility index (Phi) is 6.42. The Morgan fingerprint density at radius 3 is 2.33 bits per heavy atom. The lowest BCUT2D eigenvalue weighted by Crippen LogP contribution is -2.51. The van der Waals surface area contributed by atoms with Crippen molar-refractivity contribution in [2.75, 3.05) is 19.6 Å². The molecule has 0 aromatic carbocycles. The van der Waals surface area contributed by atoms with Gasteiger partial charge < -0.3 is 10.2 Å². The molecular formula is C13H20F4N2O2. The third-order valence-electron chi connectivity index (χ3n) is 3.54. The van der Waals surface area contributed by atoms with Crippen LogP contribution in [0.4, 0.5) is 17.6 Å². The van der Waals surface area contributed by atoms with Crippen molar-refractivity contribution in [3.05, 3.63) is 0 Å². The van der Waals surface area contributed by atoms with Crippen molar-refractivity contribution in [1.82, 2.24) is 10.2 Å². The van der Waals surface area contributed by atoms with Crippen LogP contribution in [0.2, 0.25) is 0 Å². The average Bonchev–Trinajstić information content (AvgIpc) is 2.46. The quantitative estimate of drug-likeness (QED) is 0.603. The van der Waals surface area contributed by atoms with Gasteiger partial charge in [0.25, 0.3) is 5.91 Å². The zero-order valence-corrected chi connectivity index (χ0v) is 11.9. The lowest BCUT2D eigenvalue weighted by molar-refractivity contribution is -0.182. The fourth-order valence-corrected chi connectivity index (χ4v) is 2.18. The van der Waals surface area contributed by atoms with Crippen molar-refractivity contribution >= 4 is 11.8 Å². The number of hydrogen-bond acceptors (Lipinski definition) is 2. The third-order valence-corrected chi connectivity index (χ3v) is 3.54. The fraction of sp³-hybridized carbons (Fsp3) is 0.846. The summed E-state index contributed by atoms with van der Waals surface area (Å²) in [6, 6.07) is 0. The van der Waals surface area contributed by atoms with Gasteiger partial charge in [-0.2, -0.15) is 8.78 Å². The lowest BCUT2D eigenvalue weighted by Gasteiger charge is -2.33. The zero-order valence-electron chi connectivity index (χ0n) is 11.9. The molecule has 1 aliphatic heterocycles. The van der Waals surface area contributed by atoms with E-state index in [1.54, 1.807) is 0 Å². The van der Waals surface area contributed by atoms with Crippen LogP contribution in [0, 0.1) is 5.92 Å². The van der Waals surface area contributed by atoms with Gasteiger partial charge in [0.15, 0.2) is 0 Å². The van der Waals surface area contributed by atoms with E-state index in [0.717, 1.165) is 12.8 Å². The van der Waals surface area contributed by atoms with Crippen LogP contribution in [0.5, 0.6) is 0 Å². The molecule has 0 spiro atoms. The number of carbonyl (C=O) groups is 2. The normalized spacial score (nSPS) is 17.1. The van der Waals surface area contributed by atoms with Crippen LogP contribution >= 0.6 is 0 Å². The summed E-state index contributed by atoms with van der Waals surface area (Å²) in [6.07, 6.45) is -1.80. The van der Waals surface area contributed by atoms with Gasteiger partial charge in [0.2, 0.25) is 5.91 Å². The topological polar surface area (TPSA) is 49.4 Å². The number of nitrogens with one attached hydrogen (secondary N) is 1. The fourth-order valence-electron chi connectivity index (χ4n) is 2.18. The van der Waals surface area contributed by atoms with E-state index in [1.165, 1.54) is 0 Å². The molecule has 8 heteroatoms. The second-order valence-corrected chi connectivity index (χ2v) is 5.13. The number of piperidine rings is 1. The first-order valence-electron chi connectivity index (χ1n) is 7.03. The highest BCUT2D eigenvalue weighted by molar-refractivity contribution is 5.84. The Hall–Kier alpha value is -1.34. The molecule has 0 bridgehead atoms. The van der Waals surface area contributed by atoms with Gasteiger partial charge in [0.1, 0.15) is 0 Å². The van der Waals surface area contributed by atoms with Crippen molar-refractivity contribution in [3.8, 4) is 0 Å². The van der Waals surface area contributed by atoms with Crippen molar-refractivity contribution < 1.29 is 27.2 Å².